The van der Waals surface area contributed by atoms with Gasteiger partial charge in [0.15, 0.2) is 0 Å². The molecule has 0 aliphatic carbocycles. The number of rotatable bonds is 5. The number of nitrogens with one attached hydrogen (secondary N) is 2. The fourth-order valence-corrected chi connectivity index (χ4v) is 4.45. The van der Waals surface area contributed by atoms with Crippen molar-refractivity contribution in [1.82, 2.24) is 10.6 Å². The smallest absolute Gasteiger partial charge is 0.400 e. The van der Waals surface area contributed by atoms with Gasteiger partial charge in [0, 0.05) is 42.5 Å². The van der Waals surface area contributed by atoms with Crippen LogP contribution in [-0.4, -0.2) is 30.8 Å². The standard InChI is InChI=1S/C16H24F3N3OS/c1-9-5-11(6-13(22-9)12(20)8-21-2)15-10(3-4-23)7-14(24-15)16(17,18)19/h7-9,11,13,21-23H,3-6,20H2,1-2H3/b12-8-/t9?,11?,13-/m0/s1. The molecular weight excluding hydrogens is 339 g/mol. The van der Waals surface area contributed by atoms with Crippen LogP contribution in [0.15, 0.2) is 18.0 Å². The van der Waals surface area contributed by atoms with Gasteiger partial charge in [0.2, 0.25) is 0 Å². The van der Waals surface area contributed by atoms with Crippen molar-refractivity contribution in [2.45, 2.75) is 50.4 Å². The molecule has 24 heavy (non-hydrogen) atoms. The lowest BCUT2D eigenvalue weighted by molar-refractivity contribution is -0.134. The summed E-state index contributed by atoms with van der Waals surface area (Å²) in [6.07, 6.45) is -1.01. The zero-order valence-electron chi connectivity index (χ0n) is 13.8. The Balaban J connectivity index is 2.31. The lowest BCUT2D eigenvalue weighted by Crippen LogP contribution is -2.46. The molecule has 1 aliphatic rings. The normalized spacial score (nSPS) is 25.8. The first-order valence-corrected chi connectivity index (χ1v) is 8.77. The van der Waals surface area contributed by atoms with E-state index in [9.17, 15) is 18.3 Å². The number of nitrogens with two attached hydrogens (primary N) is 1. The Hall–Kier alpha value is -1.25. The third kappa shape index (κ3) is 4.43. The van der Waals surface area contributed by atoms with Crippen molar-refractivity contribution >= 4 is 11.3 Å². The molecule has 1 aliphatic heterocycles. The zero-order chi connectivity index (χ0) is 17.9. The highest BCUT2D eigenvalue weighted by molar-refractivity contribution is 7.12. The minimum Gasteiger partial charge on any atom is -0.400 e. The molecule has 136 valence electrons. The maximum Gasteiger partial charge on any atom is 0.425 e. The van der Waals surface area contributed by atoms with E-state index in [1.807, 2.05) is 6.92 Å². The largest absolute Gasteiger partial charge is 0.425 e. The topological polar surface area (TPSA) is 70.3 Å². The van der Waals surface area contributed by atoms with Crippen LogP contribution < -0.4 is 16.4 Å². The Bertz CT molecular complexity index is 586. The molecule has 4 nitrogen and oxygen atoms in total. The van der Waals surface area contributed by atoms with Crippen molar-refractivity contribution in [3.05, 3.63) is 33.3 Å². The Morgan fingerprint density at radius 2 is 2.21 bits per heavy atom. The van der Waals surface area contributed by atoms with Crippen LogP contribution in [0, 0.1) is 0 Å². The Labute approximate surface area is 143 Å². The number of aliphatic hydroxyl groups excluding tert-OH is 1. The highest BCUT2D eigenvalue weighted by Crippen LogP contribution is 2.43. The SMILES string of the molecule is CN/C=C(\N)[C@@H]1CC(c2sc(C(F)(F)F)cc2CCO)CC(C)N1. The quantitative estimate of drug-likeness (QED) is 0.649. The highest BCUT2D eigenvalue weighted by atomic mass is 32.1. The van der Waals surface area contributed by atoms with Crippen LogP contribution in [0.25, 0.3) is 0 Å². The van der Waals surface area contributed by atoms with E-state index in [1.165, 1.54) is 6.07 Å². The van der Waals surface area contributed by atoms with E-state index >= 15 is 0 Å². The van der Waals surface area contributed by atoms with E-state index in [2.05, 4.69) is 10.6 Å². The van der Waals surface area contributed by atoms with E-state index in [1.54, 1.807) is 13.2 Å². The third-order valence-corrected chi connectivity index (χ3v) is 5.62. The molecule has 1 aromatic heterocycles. The van der Waals surface area contributed by atoms with Crippen LogP contribution in [0.5, 0.6) is 0 Å². The summed E-state index contributed by atoms with van der Waals surface area (Å²) in [6.45, 7) is 1.85. The molecule has 0 radical (unpaired) electrons. The fourth-order valence-electron chi connectivity index (χ4n) is 3.24. The summed E-state index contributed by atoms with van der Waals surface area (Å²) in [5.74, 6) is -0.00212. The number of alkyl halides is 3. The van der Waals surface area contributed by atoms with E-state index in [0.29, 0.717) is 17.7 Å². The summed E-state index contributed by atoms with van der Waals surface area (Å²) < 4.78 is 39.2. The summed E-state index contributed by atoms with van der Waals surface area (Å²) in [7, 11) is 1.75. The summed E-state index contributed by atoms with van der Waals surface area (Å²) in [6, 6.07) is 1.26. The van der Waals surface area contributed by atoms with Gasteiger partial charge in [-0.2, -0.15) is 13.2 Å². The second-order valence-electron chi connectivity index (χ2n) is 6.19. The molecule has 0 aromatic carbocycles. The average Bonchev–Trinajstić information content (AvgIpc) is 2.91. The van der Waals surface area contributed by atoms with Gasteiger partial charge in [-0.15, -0.1) is 11.3 Å². The minimum absolute atomic E-state index is 0.00212. The molecule has 2 rings (SSSR count). The lowest BCUT2D eigenvalue weighted by Gasteiger charge is -2.35. The number of piperidine rings is 1. The van der Waals surface area contributed by atoms with E-state index in [-0.39, 0.29) is 31.0 Å². The summed E-state index contributed by atoms with van der Waals surface area (Å²) >= 11 is 0.802. The Morgan fingerprint density at radius 1 is 1.50 bits per heavy atom. The van der Waals surface area contributed by atoms with Crippen molar-refractivity contribution in [2.75, 3.05) is 13.7 Å². The van der Waals surface area contributed by atoms with Gasteiger partial charge >= 0.3 is 6.18 Å². The van der Waals surface area contributed by atoms with Gasteiger partial charge in [-0.1, -0.05) is 0 Å². The van der Waals surface area contributed by atoms with Crippen LogP contribution in [0.2, 0.25) is 0 Å². The number of hydrogen-bond acceptors (Lipinski definition) is 5. The van der Waals surface area contributed by atoms with E-state index in [4.69, 9.17) is 5.73 Å². The van der Waals surface area contributed by atoms with Crippen molar-refractivity contribution in [3.63, 3.8) is 0 Å². The summed E-state index contributed by atoms with van der Waals surface area (Å²) in [5, 5.41) is 15.5. The van der Waals surface area contributed by atoms with E-state index < -0.39 is 11.1 Å². The first kappa shape index (κ1) is 19.1. The molecule has 2 unspecified atom stereocenters. The fraction of sp³-hybridized carbons (Fsp3) is 0.625. The van der Waals surface area contributed by atoms with Gasteiger partial charge in [0.1, 0.15) is 4.88 Å². The molecule has 8 heteroatoms. The maximum absolute atomic E-state index is 13.1. The molecule has 0 spiro atoms. The second-order valence-corrected chi connectivity index (χ2v) is 7.28. The predicted octanol–water partition coefficient (Wildman–Crippen LogP) is 2.55. The van der Waals surface area contributed by atoms with Gasteiger partial charge in [-0.25, -0.2) is 0 Å². The van der Waals surface area contributed by atoms with Crippen molar-refractivity contribution in [2.24, 2.45) is 5.73 Å². The molecule has 1 fully saturated rings. The molecule has 1 saturated heterocycles. The maximum atomic E-state index is 13.1. The van der Waals surface area contributed by atoms with Gasteiger partial charge < -0.3 is 21.5 Å². The van der Waals surface area contributed by atoms with Gasteiger partial charge in [0.25, 0.3) is 0 Å². The Kier molecular flexibility index (Phi) is 6.17. The highest BCUT2D eigenvalue weighted by Gasteiger charge is 2.36. The van der Waals surface area contributed by atoms with Crippen LogP contribution in [0.3, 0.4) is 0 Å². The summed E-state index contributed by atoms with van der Waals surface area (Å²) in [5.41, 5.74) is 7.30. The zero-order valence-corrected chi connectivity index (χ0v) is 14.6. The van der Waals surface area contributed by atoms with Crippen molar-refractivity contribution in [1.29, 1.82) is 0 Å². The molecule has 1 aromatic rings. The number of thiophene rings is 1. The molecule has 0 saturated carbocycles. The van der Waals surface area contributed by atoms with Gasteiger partial charge in [0.05, 0.1) is 0 Å². The minimum atomic E-state index is -4.35. The van der Waals surface area contributed by atoms with Crippen LogP contribution in [0.1, 0.15) is 41.0 Å². The number of aliphatic hydroxyl groups is 1. The summed E-state index contributed by atoms with van der Waals surface area (Å²) in [4.78, 5) is 0.134. The van der Waals surface area contributed by atoms with Gasteiger partial charge in [-0.05, 0) is 43.7 Å². The average molecular weight is 363 g/mol. The predicted molar refractivity (Wildman–Crippen MR) is 89.8 cm³/mol. The lowest BCUT2D eigenvalue weighted by atomic mass is 9.84. The van der Waals surface area contributed by atoms with Crippen molar-refractivity contribution < 1.29 is 18.3 Å². The first-order chi connectivity index (χ1) is 11.3. The number of hydrogen-bond donors (Lipinski definition) is 4. The van der Waals surface area contributed by atoms with E-state index in [0.717, 1.165) is 22.6 Å². The molecule has 2 heterocycles. The van der Waals surface area contributed by atoms with Crippen LogP contribution >= 0.6 is 11.3 Å². The monoisotopic (exact) mass is 363 g/mol. The number of halogens is 3. The third-order valence-electron chi connectivity index (χ3n) is 4.23. The molecule has 3 atom stereocenters. The molecule has 0 bridgehead atoms. The van der Waals surface area contributed by atoms with Crippen molar-refractivity contribution in [3.8, 4) is 0 Å². The van der Waals surface area contributed by atoms with Gasteiger partial charge in [-0.3, -0.25) is 0 Å². The molecule has 0 amide bonds. The van der Waals surface area contributed by atoms with Crippen LogP contribution in [0.4, 0.5) is 13.2 Å². The van der Waals surface area contributed by atoms with Crippen LogP contribution in [-0.2, 0) is 12.6 Å². The molecule has 5 N–H and O–H groups in total. The second kappa shape index (κ2) is 7.76. The first-order valence-electron chi connectivity index (χ1n) is 7.95. The Morgan fingerprint density at radius 3 is 2.79 bits per heavy atom. The molecular formula is C16H24F3N3OS.